The molecule has 0 aliphatic carbocycles. The van der Waals surface area contributed by atoms with Gasteiger partial charge in [-0.15, -0.1) is 0 Å². The molecular formula is C20H22N4O3. The number of amides is 1. The number of pyridine rings is 1. The van der Waals surface area contributed by atoms with E-state index >= 15 is 0 Å². The molecule has 1 fully saturated rings. The average molecular weight is 366 g/mol. The van der Waals surface area contributed by atoms with Gasteiger partial charge in [0.15, 0.2) is 0 Å². The van der Waals surface area contributed by atoms with Gasteiger partial charge < -0.3 is 19.6 Å². The maximum Gasteiger partial charge on any atom is 0.263 e. The van der Waals surface area contributed by atoms with E-state index in [1.54, 1.807) is 29.8 Å². The number of anilines is 1. The largest absolute Gasteiger partial charge is 0.376 e. The summed E-state index contributed by atoms with van der Waals surface area (Å²) in [4.78, 5) is 33.4. The maximum atomic E-state index is 12.9. The van der Waals surface area contributed by atoms with Gasteiger partial charge in [0.25, 0.3) is 11.5 Å². The molecule has 140 valence electrons. The third kappa shape index (κ3) is 3.38. The van der Waals surface area contributed by atoms with Gasteiger partial charge in [-0.25, -0.2) is 4.98 Å². The van der Waals surface area contributed by atoms with E-state index in [-0.39, 0.29) is 17.2 Å². The number of para-hydroxylation sites is 1. The van der Waals surface area contributed by atoms with Gasteiger partial charge in [-0.1, -0.05) is 6.07 Å². The Kier molecular flexibility index (Phi) is 4.53. The summed E-state index contributed by atoms with van der Waals surface area (Å²) in [6.07, 6.45) is 3.70. The van der Waals surface area contributed by atoms with Gasteiger partial charge in [0.1, 0.15) is 16.9 Å². The summed E-state index contributed by atoms with van der Waals surface area (Å²) in [6.45, 7) is 4.82. The number of benzene rings is 1. The lowest BCUT2D eigenvalue weighted by atomic mass is 10.1. The molecule has 0 bridgehead atoms. The topological polar surface area (TPSA) is 89.0 Å². The molecule has 27 heavy (non-hydrogen) atoms. The quantitative estimate of drug-likeness (QED) is 0.743. The molecule has 2 aromatic heterocycles. The summed E-state index contributed by atoms with van der Waals surface area (Å²) in [7, 11) is 0. The number of fused-ring (bicyclic) bond motifs is 1. The van der Waals surface area contributed by atoms with Crippen molar-refractivity contribution in [2.75, 3.05) is 11.9 Å². The van der Waals surface area contributed by atoms with Crippen molar-refractivity contribution in [3.8, 4) is 0 Å². The normalized spacial score (nSPS) is 16.7. The van der Waals surface area contributed by atoms with Crippen LogP contribution in [0.25, 0.3) is 11.0 Å². The number of nitrogens with one attached hydrogen (secondary N) is 2. The van der Waals surface area contributed by atoms with E-state index in [2.05, 4.69) is 15.3 Å². The summed E-state index contributed by atoms with van der Waals surface area (Å²) >= 11 is 0. The molecule has 0 radical (unpaired) electrons. The molecule has 0 spiro atoms. The number of H-pyrrole nitrogens is 1. The van der Waals surface area contributed by atoms with Crippen LogP contribution >= 0.6 is 0 Å². The lowest BCUT2D eigenvalue weighted by Gasteiger charge is -2.14. The summed E-state index contributed by atoms with van der Waals surface area (Å²) in [5, 5.41) is 2.85. The number of rotatable bonds is 4. The number of hydrogen-bond donors (Lipinski definition) is 2. The lowest BCUT2D eigenvalue weighted by Crippen LogP contribution is -2.32. The van der Waals surface area contributed by atoms with Gasteiger partial charge in [0.05, 0.1) is 23.9 Å². The maximum absolute atomic E-state index is 12.9. The number of ether oxygens (including phenoxy) is 1. The van der Waals surface area contributed by atoms with Crippen molar-refractivity contribution in [1.29, 1.82) is 0 Å². The Labute approximate surface area is 156 Å². The van der Waals surface area contributed by atoms with Crippen LogP contribution in [-0.4, -0.2) is 33.2 Å². The van der Waals surface area contributed by atoms with E-state index in [0.717, 1.165) is 30.8 Å². The molecule has 3 aromatic rings. The number of imidazole rings is 1. The molecule has 1 atom stereocenters. The van der Waals surface area contributed by atoms with Gasteiger partial charge >= 0.3 is 0 Å². The second kappa shape index (κ2) is 7.00. The number of aryl methyl sites for hydroxylation is 2. The van der Waals surface area contributed by atoms with Crippen molar-refractivity contribution in [2.24, 2.45) is 0 Å². The molecule has 0 saturated carbocycles. The Balaban J connectivity index is 1.65. The molecule has 7 heteroatoms. The summed E-state index contributed by atoms with van der Waals surface area (Å²) in [5.41, 5.74) is 2.59. The Morgan fingerprint density at radius 3 is 3.00 bits per heavy atom. The Hall–Kier alpha value is -2.93. The highest BCUT2D eigenvalue weighted by atomic mass is 16.5. The summed E-state index contributed by atoms with van der Waals surface area (Å²) in [5.74, 6) is 0.342. The van der Waals surface area contributed by atoms with E-state index < -0.39 is 5.91 Å². The van der Waals surface area contributed by atoms with Crippen LogP contribution in [-0.2, 0) is 11.3 Å². The van der Waals surface area contributed by atoms with E-state index in [0.29, 0.717) is 23.3 Å². The van der Waals surface area contributed by atoms with Crippen LogP contribution in [0.2, 0.25) is 0 Å². The molecule has 1 unspecified atom stereocenters. The van der Waals surface area contributed by atoms with Crippen LogP contribution in [0, 0.1) is 13.8 Å². The smallest absolute Gasteiger partial charge is 0.263 e. The van der Waals surface area contributed by atoms with Crippen LogP contribution < -0.4 is 10.9 Å². The highest BCUT2D eigenvalue weighted by molar-refractivity contribution is 6.08. The van der Waals surface area contributed by atoms with Crippen molar-refractivity contribution in [3.63, 3.8) is 0 Å². The van der Waals surface area contributed by atoms with Crippen molar-refractivity contribution in [1.82, 2.24) is 14.5 Å². The van der Waals surface area contributed by atoms with Crippen LogP contribution in [0.4, 0.5) is 5.69 Å². The zero-order chi connectivity index (χ0) is 19.0. The first kappa shape index (κ1) is 17.5. The zero-order valence-electron chi connectivity index (χ0n) is 15.4. The van der Waals surface area contributed by atoms with E-state index in [4.69, 9.17) is 4.74 Å². The first-order valence-electron chi connectivity index (χ1n) is 9.11. The van der Waals surface area contributed by atoms with Gasteiger partial charge in [-0.2, -0.15) is 0 Å². The van der Waals surface area contributed by atoms with Gasteiger partial charge in [0.2, 0.25) is 0 Å². The second-order valence-electron chi connectivity index (χ2n) is 6.94. The fourth-order valence-corrected chi connectivity index (χ4v) is 3.53. The predicted octanol–water partition coefficient (Wildman–Crippen LogP) is 2.77. The number of carbonyl (C=O) groups is 1. The van der Waals surface area contributed by atoms with Gasteiger partial charge in [-0.3, -0.25) is 9.59 Å². The number of hydrogen-bond acceptors (Lipinski definition) is 4. The van der Waals surface area contributed by atoms with Crippen molar-refractivity contribution in [2.45, 2.75) is 39.3 Å². The first-order chi connectivity index (χ1) is 13.0. The van der Waals surface area contributed by atoms with Crippen LogP contribution in [0.1, 0.15) is 34.6 Å². The SMILES string of the molecule is Cc1nc2c(NC(=O)c3c(C)ccn(CC4CCCO4)c3=O)cccc2[nH]1. The monoisotopic (exact) mass is 366 g/mol. The predicted molar refractivity (Wildman–Crippen MR) is 103 cm³/mol. The minimum Gasteiger partial charge on any atom is -0.376 e. The molecule has 2 N–H and O–H groups in total. The average Bonchev–Trinajstić information content (AvgIpc) is 3.26. The van der Waals surface area contributed by atoms with E-state index in [1.165, 1.54) is 0 Å². The van der Waals surface area contributed by atoms with Crippen molar-refractivity contribution in [3.05, 3.63) is 57.8 Å². The second-order valence-corrected chi connectivity index (χ2v) is 6.94. The first-order valence-corrected chi connectivity index (χ1v) is 9.11. The Morgan fingerprint density at radius 2 is 2.22 bits per heavy atom. The van der Waals surface area contributed by atoms with Crippen LogP contribution in [0.3, 0.4) is 0 Å². The van der Waals surface area contributed by atoms with Gasteiger partial charge in [0, 0.05) is 12.8 Å². The molecule has 1 amide bonds. The Morgan fingerprint density at radius 1 is 1.37 bits per heavy atom. The van der Waals surface area contributed by atoms with Crippen LogP contribution in [0.15, 0.2) is 35.3 Å². The number of carbonyl (C=O) groups excluding carboxylic acids is 1. The summed E-state index contributed by atoms with van der Waals surface area (Å²) < 4.78 is 7.18. The molecule has 4 rings (SSSR count). The van der Waals surface area contributed by atoms with Crippen molar-refractivity contribution < 1.29 is 9.53 Å². The zero-order valence-corrected chi connectivity index (χ0v) is 15.4. The fraction of sp³-hybridized carbons (Fsp3) is 0.350. The third-order valence-electron chi connectivity index (χ3n) is 4.90. The molecular weight excluding hydrogens is 344 g/mol. The minimum absolute atomic E-state index is 0.0297. The molecule has 7 nitrogen and oxygen atoms in total. The lowest BCUT2D eigenvalue weighted by molar-refractivity contribution is 0.0952. The third-order valence-corrected chi connectivity index (χ3v) is 4.90. The van der Waals surface area contributed by atoms with Gasteiger partial charge in [-0.05, 0) is 50.5 Å². The van der Waals surface area contributed by atoms with Crippen LogP contribution in [0.5, 0.6) is 0 Å². The highest BCUT2D eigenvalue weighted by Gasteiger charge is 2.21. The number of aromatic nitrogens is 3. The fourth-order valence-electron chi connectivity index (χ4n) is 3.53. The number of aromatic amines is 1. The van der Waals surface area contributed by atoms with E-state index in [1.807, 2.05) is 19.1 Å². The molecule has 3 heterocycles. The molecule has 1 saturated heterocycles. The van der Waals surface area contributed by atoms with E-state index in [9.17, 15) is 9.59 Å². The van der Waals surface area contributed by atoms with Crippen molar-refractivity contribution >= 4 is 22.6 Å². The molecule has 1 aliphatic heterocycles. The standard InChI is InChI=1S/C20H22N4O3/c1-12-8-9-24(11-14-5-4-10-27-14)20(26)17(12)19(25)23-16-7-3-6-15-18(16)22-13(2)21-15/h3,6-9,14H,4-5,10-11H2,1-2H3,(H,21,22)(H,23,25). The molecule has 1 aromatic carbocycles. The Bertz CT molecular complexity index is 1060. The summed E-state index contributed by atoms with van der Waals surface area (Å²) in [6, 6.07) is 7.31. The number of nitrogens with zero attached hydrogens (tertiary/aromatic N) is 2. The molecule has 1 aliphatic rings. The highest BCUT2D eigenvalue weighted by Crippen LogP contribution is 2.22. The minimum atomic E-state index is -0.424.